The average molecular weight is 465 g/mol. The van der Waals surface area contributed by atoms with Crippen LogP contribution in [-0.2, 0) is 11.2 Å². The number of hydrogen-bond acceptors (Lipinski definition) is 4. The number of H-pyrrole nitrogens is 1. The zero-order valence-electron chi connectivity index (χ0n) is 19.4. The number of halogens is 1. The maximum absolute atomic E-state index is 14.4. The molecule has 2 aromatic carbocycles. The molecular weight excluding hydrogens is 435 g/mol. The van der Waals surface area contributed by atoms with Gasteiger partial charge in [0, 0.05) is 12.0 Å². The molecule has 0 amide bonds. The van der Waals surface area contributed by atoms with Gasteiger partial charge in [0.1, 0.15) is 17.0 Å². The summed E-state index contributed by atoms with van der Waals surface area (Å²) in [5.41, 5.74) is 2.69. The molecule has 0 spiro atoms. The van der Waals surface area contributed by atoms with E-state index < -0.39 is 11.8 Å². The van der Waals surface area contributed by atoms with Gasteiger partial charge >= 0.3 is 5.97 Å². The highest BCUT2D eigenvalue weighted by Crippen LogP contribution is 2.39. The number of aromatic amines is 1. The number of hydrogen-bond donors (Lipinski definition) is 2. The Hall–Kier alpha value is -3.74. The van der Waals surface area contributed by atoms with Crippen molar-refractivity contribution in [2.75, 3.05) is 0 Å². The monoisotopic (exact) mass is 464 g/mol. The van der Waals surface area contributed by atoms with E-state index >= 15 is 0 Å². The number of aliphatic carboxylic acids is 1. The lowest BCUT2D eigenvalue weighted by Gasteiger charge is -2.05. The first-order valence-corrected chi connectivity index (χ1v) is 11.5. The molecule has 0 aliphatic rings. The van der Waals surface area contributed by atoms with Crippen LogP contribution in [0.2, 0.25) is 0 Å². The maximum Gasteiger partial charge on any atom is 0.303 e. The van der Waals surface area contributed by atoms with Crippen molar-refractivity contribution < 1.29 is 18.7 Å². The Morgan fingerprint density at radius 3 is 2.44 bits per heavy atom. The van der Waals surface area contributed by atoms with Gasteiger partial charge in [0.25, 0.3) is 5.56 Å². The predicted molar refractivity (Wildman–Crippen MR) is 131 cm³/mol. The third-order valence-electron chi connectivity index (χ3n) is 5.51. The summed E-state index contributed by atoms with van der Waals surface area (Å²) in [6, 6.07) is 14.2. The molecule has 0 saturated carbocycles. The number of furan rings is 1. The van der Waals surface area contributed by atoms with E-state index in [4.69, 9.17) is 9.52 Å². The fourth-order valence-electron chi connectivity index (χ4n) is 3.66. The largest absolute Gasteiger partial charge is 0.481 e. The van der Waals surface area contributed by atoms with E-state index in [1.807, 2.05) is 24.3 Å². The maximum atomic E-state index is 14.4. The highest BCUT2D eigenvalue weighted by Gasteiger charge is 2.22. The van der Waals surface area contributed by atoms with Gasteiger partial charge in [0.05, 0.1) is 11.9 Å². The van der Waals surface area contributed by atoms with Crippen molar-refractivity contribution in [3.8, 4) is 22.5 Å². The van der Waals surface area contributed by atoms with Crippen LogP contribution in [-0.4, -0.2) is 21.0 Å². The summed E-state index contributed by atoms with van der Waals surface area (Å²) in [4.78, 5) is 29.0. The minimum atomic E-state index is -0.675. The van der Waals surface area contributed by atoms with Gasteiger partial charge in [-0.15, -0.1) is 0 Å². The Balaban J connectivity index is 0.000000309. The molecule has 0 atom stereocenters. The molecule has 178 valence electrons. The predicted octanol–water partition coefficient (Wildman–Crippen LogP) is 6.59. The van der Waals surface area contributed by atoms with Crippen LogP contribution >= 0.6 is 0 Å². The molecule has 0 radical (unpaired) electrons. The van der Waals surface area contributed by atoms with Crippen LogP contribution in [0.25, 0.3) is 33.6 Å². The smallest absolute Gasteiger partial charge is 0.303 e. The Morgan fingerprint density at radius 1 is 1.06 bits per heavy atom. The van der Waals surface area contributed by atoms with E-state index in [9.17, 15) is 14.0 Å². The average Bonchev–Trinajstić information content (AvgIpc) is 3.23. The van der Waals surface area contributed by atoms with Crippen molar-refractivity contribution >= 4 is 17.1 Å². The van der Waals surface area contributed by atoms with Gasteiger partial charge in [-0.05, 0) is 36.1 Å². The molecule has 0 bridgehead atoms. The number of rotatable bonds is 8. The molecule has 4 aromatic rings. The molecule has 2 heterocycles. The van der Waals surface area contributed by atoms with Crippen molar-refractivity contribution in [1.82, 2.24) is 9.97 Å². The van der Waals surface area contributed by atoms with Gasteiger partial charge in [-0.3, -0.25) is 9.59 Å². The van der Waals surface area contributed by atoms with Crippen LogP contribution in [0.5, 0.6) is 0 Å². The topological polar surface area (TPSA) is 96.2 Å². The number of nitrogens with zero attached hydrogens (tertiary/aromatic N) is 1. The molecule has 0 saturated heterocycles. The normalized spacial score (nSPS) is 10.7. The summed E-state index contributed by atoms with van der Waals surface area (Å²) >= 11 is 0. The molecule has 34 heavy (non-hydrogen) atoms. The van der Waals surface area contributed by atoms with Crippen molar-refractivity contribution in [2.24, 2.45) is 0 Å². The zero-order valence-corrected chi connectivity index (χ0v) is 19.4. The van der Waals surface area contributed by atoms with Gasteiger partial charge in [0.15, 0.2) is 0 Å². The molecule has 0 fully saturated rings. The van der Waals surface area contributed by atoms with Crippen LogP contribution < -0.4 is 5.56 Å². The van der Waals surface area contributed by atoms with E-state index in [2.05, 4.69) is 23.8 Å². The first-order chi connectivity index (χ1) is 16.5. The molecule has 7 heteroatoms. The summed E-state index contributed by atoms with van der Waals surface area (Å²) in [5.74, 6) is -0.780. The lowest BCUT2D eigenvalue weighted by Crippen LogP contribution is -2.05. The van der Waals surface area contributed by atoms with E-state index in [-0.39, 0.29) is 11.3 Å². The molecule has 0 unspecified atom stereocenters. The number of aromatic nitrogens is 2. The number of nitrogens with one attached hydrogen (secondary N) is 1. The molecule has 0 aliphatic carbocycles. The van der Waals surface area contributed by atoms with Gasteiger partial charge in [0.2, 0.25) is 5.71 Å². The van der Waals surface area contributed by atoms with Crippen LogP contribution in [0, 0.1) is 5.82 Å². The van der Waals surface area contributed by atoms with E-state index in [0.29, 0.717) is 28.7 Å². The van der Waals surface area contributed by atoms with Gasteiger partial charge < -0.3 is 14.5 Å². The second-order valence-corrected chi connectivity index (χ2v) is 7.95. The quantitative estimate of drug-likeness (QED) is 0.287. The fourth-order valence-corrected chi connectivity index (χ4v) is 3.66. The number of aryl methyl sites for hydroxylation is 1. The number of unbranched alkanes of at least 4 members (excludes halogenated alkanes) is 3. The molecular formula is C27H29FN2O4. The van der Waals surface area contributed by atoms with Crippen LogP contribution in [0.1, 0.15) is 51.5 Å². The SMILES string of the molecule is CCCCCCC(=O)O.CCc1ccc(-c2c(-c3ccccc3F)oc3nc[nH]c(=O)c23)cc1. The Bertz CT molecular complexity index is 1290. The summed E-state index contributed by atoms with van der Waals surface area (Å²) in [7, 11) is 0. The molecule has 4 rings (SSSR count). The minimum Gasteiger partial charge on any atom is -0.481 e. The first-order valence-electron chi connectivity index (χ1n) is 11.5. The van der Waals surface area contributed by atoms with Gasteiger partial charge in [-0.1, -0.05) is 69.5 Å². The first kappa shape index (κ1) is 24.9. The summed E-state index contributed by atoms with van der Waals surface area (Å²) < 4.78 is 20.1. The summed E-state index contributed by atoms with van der Waals surface area (Å²) in [6.45, 7) is 4.18. The van der Waals surface area contributed by atoms with Gasteiger partial charge in [-0.2, -0.15) is 0 Å². The molecule has 2 N–H and O–H groups in total. The summed E-state index contributed by atoms with van der Waals surface area (Å²) in [6.07, 6.45) is 6.75. The van der Waals surface area contributed by atoms with Crippen molar-refractivity contribution in [2.45, 2.75) is 52.4 Å². The number of benzene rings is 2. The second kappa shape index (κ2) is 11.9. The lowest BCUT2D eigenvalue weighted by molar-refractivity contribution is -0.137. The highest BCUT2D eigenvalue weighted by atomic mass is 19.1. The van der Waals surface area contributed by atoms with Crippen LogP contribution in [0.15, 0.2) is 64.1 Å². The van der Waals surface area contributed by atoms with Gasteiger partial charge in [-0.25, -0.2) is 9.37 Å². The van der Waals surface area contributed by atoms with Crippen molar-refractivity contribution in [1.29, 1.82) is 0 Å². The number of carboxylic acid groups (broad SMARTS) is 1. The minimum absolute atomic E-state index is 0.191. The molecule has 2 aromatic heterocycles. The Kier molecular flexibility index (Phi) is 8.73. The van der Waals surface area contributed by atoms with Crippen LogP contribution in [0.3, 0.4) is 0 Å². The lowest BCUT2D eigenvalue weighted by atomic mass is 9.98. The van der Waals surface area contributed by atoms with E-state index in [1.54, 1.807) is 18.2 Å². The molecule has 6 nitrogen and oxygen atoms in total. The molecule has 0 aliphatic heterocycles. The Labute approximate surface area is 197 Å². The Morgan fingerprint density at radius 2 is 1.79 bits per heavy atom. The fraction of sp³-hybridized carbons (Fsp3) is 0.296. The standard InChI is InChI=1S/C20H15FN2O2.C7H14O2/c1-2-12-7-9-13(10-8-12)16-17-19(24)22-11-23-20(17)25-18(16)14-5-3-4-6-15(14)21;1-2-3-4-5-6-7(8)9/h3-11H,2H2,1H3,(H,22,23,24);2-6H2,1H3,(H,8,9). The number of carboxylic acids is 1. The third-order valence-corrected chi connectivity index (χ3v) is 5.51. The van der Waals surface area contributed by atoms with Crippen molar-refractivity contribution in [3.05, 3.63) is 76.6 Å². The summed E-state index contributed by atoms with van der Waals surface area (Å²) in [5, 5.41) is 8.54. The zero-order chi connectivity index (χ0) is 24.5. The second-order valence-electron chi connectivity index (χ2n) is 7.95. The third kappa shape index (κ3) is 5.98. The van der Waals surface area contributed by atoms with Crippen LogP contribution in [0.4, 0.5) is 4.39 Å². The number of fused-ring (bicyclic) bond motifs is 1. The van der Waals surface area contributed by atoms with E-state index in [0.717, 1.165) is 31.2 Å². The number of carbonyl (C=O) groups is 1. The van der Waals surface area contributed by atoms with E-state index in [1.165, 1.54) is 24.4 Å². The highest BCUT2D eigenvalue weighted by molar-refractivity contribution is 5.99. The van der Waals surface area contributed by atoms with Crippen molar-refractivity contribution in [3.63, 3.8) is 0 Å².